The van der Waals surface area contributed by atoms with E-state index in [0.29, 0.717) is 17.2 Å². The Labute approximate surface area is 108 Å². The van der Waals surface area contributed by atoms with Crippen molar-refractivity contribution in [3.63, 3.8) is 0 Å². The van der Waals surface area contributed by atoms with Gasteiger partial charge in [-0.05, 0) is 24.3 Å². The van der Waals surface area contributed by atoms with Gasteiger partial charge in [0, 0.05) is 6.07 Å². The lowest BCUT2D eigenvalue weighted by Gasteiger charge is -2.09. The van der Waals surface area contributed by atoms with E-state index >= 15 is 0 Å². The lowest BCUT2D eigenvalue weighted by Crippen LogP contribution is -2.01. The van der Waals surface area contributed by atoms with Gasteiger partial charge in [-0.15, -0.1) is 0 Å². The van der Waals surface area contributed by atoms with Crippen molar-refractivity contribution >= 4 is 11.7 Å². The van der Waals surface area contributed by atoms with Crippen molar-refractivity contribution in [2.24, 2.45) is 0 Å². The van der Waals surface area contributed by atoms with Gasteiger partial charge in [-0.2, -0.15) is 0 Å². The van der Waals surface area contributed by atoms with E-state index in [2.05, 4.69) is 5.32 Å². The highest BCUT2D eigenvalue weighted by Gasteiger charge is 2.09. The molecule has 6 heteroatoms. The van der Waals surface area contributed by atoms with Crippen LogP contribution in [0.4, 0.5) is 10.1 Å². The molecule has 0 unspecified atom stereocenters. The molecule has 0 amide bonds. The predicted octanol–water partition coefficient (Wildman–Crippen LogP) is 2.74. The number of ether oxygens (including phenoxy) is 1. The quantitative estimate of drug-likeness (QED) is 0.869. The molecular formula is C13H12FNO4. The van der Waals surface area contributed by atoms with Gasteiger partial charge in [-0.3, -0.25) is 0 Å². The number of furan rings is 1. The highest BCUT2D eigenvalue weighted by Crippen LogP contribution is 2.25. The van der Waals surface area contributed by atoms with Crippen molar-refractivity contribution in [1.82, 2.24) is 0 Å². The average Bonchev–Trinajstić information content (AvgIpc) is 2.86. The minimum atomic E-state index is -1.12. The number of anilines is 1. The second kappa shape index (κ2) is 5.43. The first-order chi connectivity index (χ1) is 9.10. The van der Waals surface area contributed by atoms with Crippen LogP contribution < -0.4 is 10.1 Å². The Balaban J connectivity index is 2.07. The van der Waals surface area contributed by atoms with Gasteiger partial charge < -0.3 is 19.6 Å². The third kappa shape index (κ3) is 3.04. The molecule has 2 aromatic rings. The number of carboxylic acid groups (broad SMARTS) is 1. The molecule has 0 aliphatic heterocycles. The lowest BCUT2D eigenvalue weighted by molar-refractivity contribution is 0.0660. The molecule has 1 aromatic heterocycles. The third-order valence-electron chi connectivity index (χ3n) is 2.49. The van der Waals surface area contributed by atoms with Gasteiger partial charge in [0.2, 0.25) is 5.76 Å². The van der Waals surface area contributed by atoms with Gasteiger partial charge in [0.25, 0.3) is 0 Å². The lowest BCUT2D eigenvalue weighted by atomic mass is 10.2. The summed E-state index contributed by atoms with van der Waals surface area (Å²) in [6.45, 7) is 0.273. The van der Waals surface area contributed by atoms with Crippen LogP contribution in [0.2, 0.25) is 0 Å². The largest absolute Gasteiger partial charge is 0.494 e. The van der Waals surface area contributed by atoms with Crippen molar-refractivity contribution in [2.45, 2.75) is 6.54 Å². The van der Waals surface area contributed by atoms with Gasteiger partial charge in [0.05, 0.1) is 19.3 Å². The molecule has 0 aliphatic carbocycles. The first kappa shape index (κ1) is 12.9. The molecule has 19 heavy (non-hydrogen) atoms. The molecule has 0 saturated heterocycles. The average molecular weight is 265 g/mol. The second-order valence-corrected chi connectivity index (χ2v) is 3.77. The number of halogens is 1. The monoisotopic (exact) mass is 265 g/mol. The number of hydrogen-bond donors (Lipinski definition) is 2. The fourth-order valence-electron chi connectivity index (χ4n) is 1.58. The summed E-state index contributed by atoms with van der Waals surface area (Å²) >= 11 is 0. The number of nitrogens with one attached hydrogen (secondary N) is 1. The van der Waals surface area contributed by atoms with E-state index in [4.69, 9.17) is 14.3 Å². The molecule has 0 spiro atoms. The van der Waals surface area contributed by atoms with Crippen LogP contribution >= 0.6 is 0 Å². The fraction of sp³-hybridized carbons (Fsp3) is 0.154. The van der Waals surface area contributed by atoms with Crippen LogP contribution in [-0.4, -0.2) is 18.2 Å². The minimum absolute atomic E-state index is 0.122. The first-order valence-corrected chi connectivity index (χ1v) is 5.49. The number of aromatic carboxylic acids is 1. The number of methoxy groups -OCH3 is 1. The van der Waals surface area contributed by atoms with Crippen LogP contribution in [0.15, 0.2) is 34.7 Å². The molecule has 0 fully saturated rings. The highest BCUT2D eigenvalue weighted by molar-refractivity contribution is 5.84. The molecule has 0 saturated carbocycles. The molecule has 0 aliphatic rings. The van der Waals surface area contributed by atoms with E-state index < -0.39 is 11.8 Å². The second-order valence-electron chi connectivity index (χ2n) is 3.77. The summed E-state index contributed by atoms with van der Waals surface area (Å²) in [6, 6.07) is 7.03. The van der Waals surface area contributed by atoms with Gasteiger partial charge in [0.1, 0.15) is 17.3 Å². The maximum atomic E-state index is 13.0. The summed E-state index contributed by atoms with van der Waals surface area (Å²) in [7, 11) is 1.44. The maximum absolute atomic E-state index is 13.0. The number of rotatable bonds is 5. The topological polar surface area (TPSA) is 71.7 Å². The van der Waals surface area contributed by atoms with Crippen LogP contribution in [-0.2, 0) is 6.54 Å². The van der Waals surface area contributed by atoms with Gasteiger partial charge in [0.15, 0.2) is 0 Å². The number of carbonyl (C=O) groups is 1. The Morgan fingerprint density at radius 1 is 1.42 bits per heavy atom. The van der Waals surface area contributed by atoms with E-state index in [9.17, 15) is 9.18 Å². The molecule has 100 valence electrons. The van der Waals surface area contributed by atoms with Crippen LogP contribution in [0, 0.1) is 5.82 Å². The molecule has 2 rings (SSSR count). The fourth-order valence-corrected chi connectivity index (χ4v) is 1.58. The molecule has 0 bridgehead atoms. The molecule has 1 heterocycles. The summed E-state index contributed by atoms with van der Waals surface area (Å²) in [4.78, 5) is 10.7. The Kier molecular flexibility index (Phi) is 3.70. The van der Waals surface area contributed by atoms with Crippen molar-refractivity contribution in [3.05, 3.63) is 47.7 Å². The first-order valence-electron chi connectivity index (χ1n) is 5.49. The van der Waals surface area contributed by atoms with Crippen LogP contribution in [0.1, 0.15) is 16.3 Å². The van der Waals surface area contributed by atoms with E-state index in [-0.39, 0.29) is 12.3 Å². The summed E-state index contributed by atoms with van der Waals surface area (Å²) < 4.78 is 23.1. The van der Waals surface area contributed by atoms with Crippen molar-refractivity contribution in [1.29, 1.82) is 0 Å². The molecule has 5 nitrogen and oxygen atoms in total. The van der Waals surface area contributed by atoms with Crippen LogP contribution in [0.3, 0.4) is 0 Å². The Hall–Kier alpha value is -2.50. The normalized spacial score (nSPS) is 10.2. The molecular weight excluding hydrogens is 253 g/mol. The molecule has 0 atom stereocenters. The van der Waals surface area contributed by atoms with Gasteiger partial charge in [-0.25, -0.2) is 9.18 Å². The van der Waals surface area contributed by atoms with Gasteiger partial charge in [-0.1, -0.05) is 0 Å². The van der Waals surface area contributed by atoms with E-state index in [1.807, 2.05) is 0 Å². The predicted molar refractivity (Wildman–Crippen MR) is 65.9 cm³/mol. The number of carboxylic acids is 1. The Morgan fingerprint density at radius 2 is 2.21 bits per heavy atom. The zero-order valence-electron chi connectivity index (χ0n) is 10.1. The van der Waals surface area contributed by atoms with Crippen LogP contribution in [0.5, 0.6) is 5.75 Å². The van der Waals surface area contributed by atoms with Crippen molar-refractivity contribution < 1.29 is 23.4 Å². The Morgan fingerprint density at radius 3 is 2.84 bits per heavy atom. The summed E-state index contributed by atoms with van der Waals surface area (Å²) in [5.74, 6) is -0.809. The smallest absolute Gasteiger partial charge is 0.371 e. The van der Waals surface area contributed by atoms with E-state index in [1.165, 1.54) is 31.4 Å². The summed E-state index contributed by atoms with van der Waals surface area (Å²) in [6.07, 6.45) is 0. The summed E-state index contributed by atoms with van der Waals surface area (Å²) in [5, 5.41) is 11.7. The zero-order valence-corrected chi connectivity index (χ0v) is 10.1. The zero-order chi connectivity index (χ0) is 13.8. The molecule has 0 radical (unpaired) electrons. The highest BCUT2D eigenvalue weighted by atomic mass is 19.1. The Bertz CT molecular complexity index is 594. The van der Waals surface area contributed by atoms with Gasteiger partial charge >= 0.3 is 5.97 Å². The summed E-state index contributed by atoms with van der Waals surface area (Å²) in [5.41, 5.74) is 0.595. The number of hydrogen-bond acceptors (Lipinski definition) is 4. The van der Waals surface area contributed by atoms with Crippen LogP contribution in [0.25, 0.3) is 0 Å². The third-order valence-corrected chi connectivity index (χ3v) is 2.49. The SMILES string of the molecule is COc1cc(F)ccc1NCc1ccc(C(=O)O)o1. The molecule has 1 aromatic carbocycles. The minimum Gasteiger partial charge on any atom is -0.494 e. The maximum Gasteiger partial charge on any atom is 0.371 e. The van der Waals surface area contributed by atoms with Crippen molar-refractivity contribution in [3.8, 4) is 5.75 Å². The van der Waals surface area contributed by atoms with E-state index in [0.717, 1.165) is 0 Å². The number of benzene rings is 1. The van der Waals surface area contributed by atoms with Crippen molar-refractivity contribution in [2.75, 3.05) is 12.4 Å². The standard InChI is InChI=1S/C13H12FNO4/c1-18-12-6-8(14)2-4-10(12)15-7-9-3-5-11(19-9)13(16)17/h2-6,15H,7H2,1H3,(H,16,17). The van der Waals surface area contributed by atoms with E-state index in [1.54, 1.807) is 6.07 Å². The molecule has 2 N–H and O–H groups in total.